The van der Waals surface area contributed by atoms with Crippen LogP contribution in [0, 0.1) is 0 Å². The van der Waals surface area contributed by atoms with Crippen LogP contribution in [0.1, 0.15) is 32.6 Å². The van der Waals surface area contributed by atoms with Gasteiger partial charge in [0.15, 0.2) is 0 Å². The van der Waals surface area contributed by atoms with Crippen LogP contribution in [0.3, 0.4) is 0 Å². The normalized spacial score (nSPS) is 32.6. The molecule has 3 atom stereocenters. The van der Waals surface area contributed by atoms with Crippen molar-refractivity contribution in [2.75, 3.05) is 38.2 Å². The van der Waals surface area contributed by atoms with Gasteiger partial charge >= 0.3 is 0 Å². The molecule has 3 nitrogen and oxygen atoms in total. The quantitative estimate of drug-likeness (QED) is 0.743. The van der Waals surface area contributed by atoms with Crippen LogP contribution in [0.15, 0.2) is 0 Å². The zero-order valence-corrected chi connectivity index (χ0v) is 12.0. The van der Waals surface area contributed by atoms with Crippen molar-refractivity contribution in [2.45, 2.75) is 44.7 Å². The predicted octanol–water partition coefficient (Wildman–Crippen LogP) is 1.31. The summed E-state index contributed by atoms with van der Waals surface area (Å²) in [6.07, 6.45) is 6.91. The fraction of sp³-hybridized carbons (Fsp3) is 1.00. The van der Waals surface area contributed by atoms with Crippen molar-refractivity contribution < 1.29 is 4.21 Å². The molecule has 2 saturated heterocycles. The molecule has 0 aliphatic carbocycles. The Balaban J connectivity index is 1.83. The van der Waals surface area contributed by atoms with E-state index in [0.29, 0.717) is 0 Å². The van der Waals surface area contributed by atoms with Crippen molar-refractivity contribution in [2.24, 2.45) is 0 Å². The molecule has 0 N–H and O–H groups in total. The van der Waals surface area contributed by atoms with E-state index < -0.39 is 10.8 Å². The lowest BCUT2D eigenvalue weighted by molar-refractivity contribution is 0.0496. The van der Waals surface area contributed by atoms with Gasteiger partial charge in [0.25, 0.3) is 0 Å². The van der Waals surface area contributed by atoms with Gasteiger partial charge in [-0.15, -0.1) is 0 Å². The van der Waals surface area contributed by atoms with Crippen molar-refractivity contribution in [1.29, 1.82) is 0 Å². The fourth-order valence-electron chi connectivity index (χ4n) is 3.28. The predicted molar refractivity (Wildman–Crippen MR) is 73.8 cm³/mol. The highest BCUT2D eigenvalue weighted by molar-refractivity contribution is 7.84. The van der Waals surface area contributed by atoms with Crippen molar-refractivity contribution in [3.05, 3.63) is 0 Å². The van der Waals surface area contributed by atoms with E-state index in [1.165, 1.54) is 38.9 Å². The molecule has 2 rings (SSSR count). The summed E-state index contributed by atoms with van der Waals surface area (Å²) in [6.45, 7) is 7.26. The van der Waals surface area contributed by atoms with Crippen molar-refractivity contribution in [1.82, 2.24) is 9.80 Å². The van der Waals surface area contributed by atoms with Gasteiger partial charge < -0.3 is 0 Å². The molecule has 0 spiro atoms. The fourth-order valence-corrected chi connectivity index (χ4v) is 3.82. The summed E-state index contributed by atoms with van der Waals surface area (Å²) in [5.41, 5.74) is 0. The van der Waals surface area contributed by atoms with E-state index in [1.54, 1.807) is 0 Å². The van der Waals surface area contributed by atoms with Crippen LogP contribution in [-0.4, -0.2) is 64.3 Å². The molecule has 100 valence electrons. The molecule has 0 amide bonds. The van der Waals surface area contributed by atoms with Crippen LogP contribution in [0.2, 0.25) is 0 Å². The average molecular weight is 258 g/mol. The summed E-state index contributed by atoms with van der Waals surface area (Å²) < 4.78 is 11.1. The van der Waals surface area contributed by atoms with Crippen LogP contribution >= 0.6 is 0 Å². The number of piperazine rings is 1. The maximum atomic E-state index is 11.1. The van der Waals surface area contributed by atoms with Crippen molar-refractivity contribution in [3.63, 3.8) is 0 Å². The molecule has 3 unspecified atom stereocenters. The minimum Gasteiger partial charge on any atom is -0.298 e. The molecule has 0 bridgehead atoms. The molecular formula is C13H26N2OS. The first-order valence-electron chi connectivity index (χ1n) is 6.98. The van der Waals surface area contributed by atoms with E-state index >= 15 is 0 Å². The van der Waals surface area contributed by atoms with Gasteiger partial charge in [-0.1, -0.05) is 6.92 Å². The summed E-state index contributed by atoms with van der Waals surface area (Å²) in [5, 5.41) is 0. The van der Waals surface area contributed by atoms with E-state index in [2.05, 4.69) is 16.7 Å². The van der Waals surface area contributed by atoms with E-state index in [-0.39, 0.29) is 0 Å². The van der Waals surface area contributed by atoms with E-state index in [1.807, 2.05) is 6.26 Å². The first-order chi connectivity index (χ1) is 8.20. The van der Waals surface area contributed by atoms with Gasteiger partial charge in [0, 0.05) is 48.0 Å². The Labute approximate surface area is 108 Å². The molecule has 2 heterocycles. The Bertz CT molecular complexity index is 272. The lowest BCUT2D eigenvalue weighted by Crippen LogP contribution is -2.56. The maximum Gasteiger partial charge on any atom is 0.0244 e. The smallest absolute Gasteiger partial charge is 0.0244 e. The second-order valence-corrected chi connectivity index (χ2v) is 7.03. The zero-order valence-electron chi connectivity index (χ0n) is 11.2. The third kappa shape index (κ3) is 3.52. The van der Waals surface area contributed by atoms with E-state index in [4.69, 9.17) is 0 Å². The number of fused-ring (bicyclic) bond motifs is 1. The minimum absolute atomic E-state index is 0.625. The standard InChI is InChI=1S/C13H26N2OS/c1-3-12-10-15-7-4-6-13(15)11-14(12)8-5-9-17(2)16/h12-13H,3-11H2,1-2H3. The second kappa shape index (κ2) is 6.30. The summed E-state index contributed by atoms with van der Waals surface area (Å²) in [4.78, 5) is 5.34. The van der Waals surface area contributed by atoms with Gasteiger partial charge in [-0.05, 0) is 38.8 Å². The number of hydrogen-bond donors (Lipinski definition) is 0. The van der Waals surface area contributed by atoms with Crippen molar-refractivity contribution >= 4 is 10.8 Å². The van der Waals surface area contributed by atoms with Crippen LogP contribution in [-0.2, 0) is 10.8 Å². The van der Waals surface area contributed by atoms with E-state index in [0.717, 1.165) is 30.8 Å². The minimum atomic E-state index is -0.625. The lowest BCUT2D eigenvalue weighted by atomic mass is 10.0. The van der Waals surface area contributed by atoms with Crippen LogP contribution < -0.4 is 0 Å². The molecule has 0 aromatic rings. The van der Waals surface area contributed by atoms with Crippen LogP contribution in [0.5, 0.6) is 0 Å². The van der Waals surface area contributed by atoms with Crippen molar-refractivity contribution in [3.8, 4) is 0 Å². The second-order valence-electron chi connectivity index (χ2n) is 5.48. The molecule has 17 heavy (non-hydrogen) atoms. The summed E-state index contributed by atoms with van der Waals surface area (Å²) >= 11 is 0. The van der Waals surface area contributed by atoms with Crippen LogP contribution in [0.25, 0.3) is 0 Å². The Morgan fingerprint density at radius 2 is 2.18 bits per heavy atom. The molecule has 2 aliphatic heterocycles. The first kappa shape index (κ1) is 13.5. The van der Waals surface area contributed by atoms with Gasteiger partial charge in [-0.25, -0.2) is 0 Å². The number of nitrogens with zero attached hydrogens (tertiary/aromatic N) is 2. The molecule has 0 saturated carbocycles. The van der Waals surface area contributed by atoms with Gasteiger partial charge in [0.1, 0.15) is 0 Å². The summed E-state index contributed by atoms with van der Waals surface area (Å²) in [5.74, 6) is 0.862. The van der Waals surface area contributed by atoms with Gasteiger partial charge in [-0.3, -0.25) is 14.0 Å². The first-order valence-corrected chi connectivity index (χ1v) is 8.71. The highest BCUT2D eigenvalue weighted by Crippen LogP contribution is 2.25. The Hall–Kier alpha value is 0.0700. The SMILES string of the molecule is CCC1CN2CCCC2CN1CCCS(C)=O. The van der Waals surface area contributed by atoms with Gasteiger partial charge in [-0.2, -0.15) is 0 Å². The van der Waals surface area contributed by atoms with Gasteiger partial charge in [0.05, 0.1) is 0 Å². The molecule has 0 aromatic heterocycles. The summed E-state index contributed by atoms with van der Waals surface area (Å²) in [6, 6.07) is 1.54. The highest BCUT2D eigenvalue weighted by Gasteiger charge is 2.34. The molecule has 0 radical (unpaired) electrons. The monoisotopic (exact) mass is 258 g/mol. The Kier molecular flexibility index (Phi) is 5.00. The number of rotatable bonds is 5. The topological polar surface area (TPSA) is 23.6 Å². The summed E-state index contributed by atoms with van der Waals surface area (Å²) in [7, 11) is -0.625. The number of hydrogen-bond acceptors (Lipinski definition) is 3. The molecule has 0 aromatic carbocycles. The van der Waals surface area contributed by atoms with Gasteiger partial charge in [0.2, 0.25) is 0 Å². The highest BCUT2D eigenvalue weighted by atomic mass is 32.2. The average Bonchev–Trinajstić information content (AvgIpc) is 2.74. The van der Waals surface area contributed by atoms with E-state index in [9.17, 15) is 4.21 Å². The molecule has 2 fully saturated rings. The lowest BCUT2D eigenvalue weighted by Gasteiger charge is -2.43. The zero-order chi connectivity index (χ0) is 12.3. The third-order valence-electron chi connectivity index (χ3n) is 4.25. The Morgan fingerprint density at radius 1 is 1.35 bits per heavy atom. The molecular weight excluding hydrogens is 232 g/mol. The van der Waals surface area contributed by atoms with Crippen LogP contribution in [0.4, 0.5) is 0 Å². The largest absolute Gasteiger partial charge is 0.298 e. The maximum absolute atomic E-state index is 11.1. The molecule has 2 aliphatic rings. The molecule has 4 heteroatoms. The Morgan fingerprint density at radius 3 is 2.88 bits per heavy atom. The third-order valence-corrected chi connectivity index (χ3v) is 5.12.